The maximum atomic E-state index is 12.6. The van der Waals surface area contributed by atoms with Crippen LogP contribution in [0.2, 0.25) is 0 Å². The molecule has 1 N–H and O–H groups in total. The lowest BCUT2D eigenvalue weighted by Gasteiger charge is -2.19. The van der Waals surface area contributed by atoms with Gasteiger partial charge >= 0.3 is 0 Å². The van der Waals surface area contributed by atoms with E-state index in [1.165, 1.54) is 4.90 Å². The highest BCUT2D eigenvalue weighted by molar-refractivity contribution is 6.09. The Morgan fingerprint density at radius 3 is 2.43 bits per heavy atom. The normalized spacial score (nSPS) is 31.6. The summed E-state index contributed by atoms with van der Waals surface area (Å²) in [6.07, 6.45) is 3.11. The van der Waals surface area contributed by atoms with E-state index < -0.39 is 0 Å². The summed E-state index contributed by atoms with van der Waals surface area (Å²) in [5.41, 5.74) is 1.73. The first-order valence-electron chi connectivity index (χ1n) is 8.26. The van der Waals surface area contributed by atoms with Crippen molar-refractivity contribution in [3.05, 3.63) is 29.8 Å². The van der Waals surface area contributed by atoms with E-state index in [9.17, 15) is 14.4 Å². The van der Waals surface area contributed by atoms with Gasteiger partial charge in [-0.15, -0.1) is 0 Å². The number of anilines is 1. The fourth-order valence-corrected chi connectivity index (χ4v) is 4.69. The smallest absolute Gasteiger partial charge is 0.244 e. The zero-order chi connectivity index (χ0) is 16.1. The van der Waals surface area contributed by atoms with Gasteiger partial charge in [0, 0.05) is 5.69 Å². The molecule has 4 unspecified atom stereocenters. The highest BCUT2D eigenvalue weighted by Crippen LogP contribution is 2.56. The number of imide groups is 1. The lowest BCUT2D eigenvalue weighted by molar-refractivity contribution is -0.143. The number of carbonyl (C=O) groups is 3. The van der Waals surface area contributed by atoms with Crippen LogP contribution in [0.15, 0.2) is 24.3 Å². The summed E-state index contributed by atoms with van der Waals surface area (Å²) in [7, 11) is 0. The van der Waals surface area contributed by atoms with Gasteiger partial charge < -0.3 is 5.32 Å². The lowest BCUT2D eigenvalue weighted by Crippen LogP contribution is -2.39. The molecule has 3 amide bonds. The van der Waals surface area contributed by atoms with Crippen LogP contribution in [0.1, 0.15) is 24.8 Å². The molecular weight excluding hydrogens is 292 g/mol. The molecule has 1 aliphatic heterocycles. The Morgan fingerprint density at radius 1 is 1.17 bits per heavy atom. The van der Waals surface area contributed by atoms with Crippen LogP contribution < -0.4 is 5.32 Å². The Bertz CT molecular complexity index is 671. The molecule has 4 rings (SSSR count). The molecule has 5 heteroatoms. The third-order valence-electron chi connectivity index (χ3n) is 5.62. The Kier molecular flexibility index (Phi) is 3.25. The number of carbonyl (C=O) groups excluding carboxylic acids is 3. The molecule has 2 bridgehead atoms. The van der Waals surface area contributed by atoms with Gasteiger partial charge in [-0.25, -0.2) is 0 Å². The maximum absolute atomic E-state index is 12.6. The monoisotopic (exact) mass is 312 g/mol. The molecule has 120 valence electrons. The maximum Gasteiger partial charge on any atom is 0.244 e. The van der Waals surface area contributed by atoms with Crippen molar-refractivity contribution in [2.75, 3.05) is 11.9 Å². The van der Waals surface area contributed by atoms with E-state index in [4.69, 9.17) is 0 Å². The van der Waals surface area contributed by atoms with E-state index in [0.29, 0.717) is 17.5 Å². The summed E-state index contributed by atoms with van der Waals surface area (Å²) in [4.78, 5) is 38.5. The van der Waals surface area contributed by atoms with Crippen molar-refractivity contribution in [1.82, 2.24) is 4.90 Å². The number of aryl methyl sites for hydroxylation is 1. The van der Waals surface area contributed by atoms with E-state index in [1.807, 2.05) is 25.1 Å². The number of nitrogens with zero attached hydrogens (tertiary/aromatic N) is 1. The molecule has 4 atom stereocenters. The SMILES string of the molecule is Cc1cccc(NC(=O)CN2C(=O)C3C4CCC(C4)C3C2=O)c1. The predicted molar refractivity (Wildman–Crippen MR) is 84.3 cm³/mol. The second kappa shape index (κ2) is 5.18. The van der Waals surface area contributed by atoms with E-state index in [0.717, 1.165) is 24.8 Å². The van der Waals surface area contributed by atoms with E-state index in [-0.39, 0.29) is 36.1 Å². The third-order valence-corrected chi connectivity index (χ3v) is 5.62. The molecule has 1 aromatic rings. The summed E-state index contributed by atoms with van der Waals surface area (Å²) in [5.74, 6) is -0.193. The van der Waals surface area contributed by atoms with Crippen LogP contribution in [-0.2, 0) is 14.4 Å². The van der Waals surface area contributed by atoms with Crippen molar-refractivity contribution in [1.29, 1.82) is 0 Å². The molecule has 5 nitrogen and oxygen atoms in total. The number of likely N-dealkylation sites (tertiary alicyclic amines) is 1. The van der Waals surface area contributed by atoms with Gasteiger partial charge in [0.15, 0.2) is 0 Å². The number of amides is 3. The number of nitrogens with one attached hydrogen (secondary N) is 1. The summed E-state index contributed by atoms with van der Waals surface area (Å²) in [5, 5.41) is 2.77. The largest absolute Gasteiger partial charge is 0.325 e. The molecule has 1 heterocycles. The highest BCUT2D eigenvalue weighted by Gasteiger charge is 2.60. The number of hydrogen-bond donors (Lipinski definition) is 1. The molecule has 1 aromatic carbocycles. The molecule has 0 spiro atoms. The quantitative estimate of drug-likeness (QED) is 0.868. The van der Waals surface area contributed by atoms with Gasteiger partial charge in [-0.1, -0.05) is 12.1 Å². The summed E-state index contributed by atoms with van der Waals surface area (Å²) < 4.78 is 0. The first-order chi connectivity index (χ1) is 11.0. The van der Waals surface area contributed by atoms with Crippen molar-refractivity contribution in [2.45, 2.75) is 26.2 Å². The third kappa shape index (κ3) is 2.26. The molecule has 3 fully saturated rings. The van der Waals surface area contributed by atoms with Crippen molar-refractivity contribution >= 4 is 23.4 Å². The van der Waals surface area contributed by atoms with Crippen LogP contribution in [0.3, 0.4) is 0 Å². The Morgan fingerprint density at radius 2 is 1.83 bits per heavy atom. The minimum atomic E-state index is -0.315. The van der Waals surface area contributed by atoms with Gasteiger partial charge in [-0.2, -0.15) is 0 Å². The van der Waals surface area contributed by atoms with Crippen LogP contribution in [0, 0.1) is 30.6 Å². The predicted octanol–water partition coefficient (Wildman–Crippen LogP) is 1.96. The van der Waals surface area contributed by atoms with Gasteiger partial charge in [0.1, 0.15) is 6.54 Å². The first kappa shape index (κ1) is 14.4. The van der Waals surface area contributed by atoms with Crippen molar-refractivity contribution in [3.8, 4) is 0 Å². The van der Waals surface area contributed by atoms with Crippen LogP contribution in [0.25, 0.3) is 0 Å². The fraction of sp³-hybridized carbons (Fsp3) is 0.500. The van der Waals surface area contributed by atoms with E-state index >= 15 is 0 Å². The Hall–Kier alpha value is -2.17. The molecule has 3 aliphatic rings. The lowest BCUT2D eigenvalue weighted by atomic mass is 9.81. The summed E-state index contributed by atoms with van der Waals surface area (Å²) in [6, 6.07) is 7.47. The number of hydrogen-bond acceptors (Lipinski definition) is 3. The van der Waals surface area contributed by atoms with Crippen molar-refractivity contribution in [2.24, 2.45) is 23.7 Å². The highest BCUT2D eigenvalue weighted by atomic mass is 16.2. The van der Waals surface area contributed by atoms with Gasteiger partial charge in [-0.3, -0.25) is 19.3 Å². The van der Waals surface area contributed by atoms with Gasteiger partial charge in [0.25, 0.3) is 0 Å². The van der Waals surface area contributed by atoms with Crippen molar-refractivity contribution < 1.29 is 14.4 Å². The Balaban J connectivity index is 1.46. The number of benzene rings is 1. The van der Waals surface area contributed by atoms with Crippen LogP contribution >= 0.6 is 0 Å². The van der Waals surface area contributed by atoms with Gasteiger partial charge in [-0.05, 0) is 55.7 Å². The van der Waals surface area contributed by atoms with Gasteiger partial charge in [0.2, 0.25) is 17.7 Å². The van der Waals surface area contributed by atoms with E-state index in [2.05, 4.69) is 5.32 Å². The van der Waals surface area contributed by atoms with Crippen LogP contribution in [0.4, 0.5) is 5.69 Å². The Labute approximate surface area is 135 Å². The standard InChI is InChI=1S/C18H20N2O3/c1-10-3-2-4-13(7-10)19-14(21)9-20-17(22)15-11-5-6-12(8-11)16(15)18(20)23/h2-4,7,11-12,15-16H,5-6,8-9H2,1H3,(H,19,21). The second-order valence-corrected chi connectivity index (χ2v) is 7.07. The minimum Gasteiger partial charge on any atom is -0.325 e. The molecule has 2 aliphatic carbocycles. The van der Waals surface area contributed by atoms with E-state index in [1.54, 1.807) is 6.07 Å². The average Bonchev–Trinajstić information content (AvgIpc) is 3.17. The van der Waals surface area contributed by atoms with Crippen molar-refractivity contribution in [3.63, 3.8) is 0 Å². The zero-order valence-electron chi connectivity index (χ0n) is 13.1. The molecule has 0 radical (unpaired) electrons. The first-order valence-corrected chi connectivity index (χ1v) is 8.26. The molecule has 23 heavy (non-hydrogen) atoms. The average molecular weight is 312 g/mol. The zero-order valence-corrected chi connectivity index (χ0v) is 13.1. The van der Waals surface area contributed by atoms with Crippen LogP contribution in [-0.4, -0.2) is 29.2 Å². The number of fused-ring (bicyclic) bond motifs is 5. The topological polar surface area (TPSA) is 66.5 Å². The summed E-state index contributed by atoms with van der Waals surface area (Å²) in [6.45, 7) is 1.78. The molecule has 2 saturated carbocycles. The summed E-state index contributed by atoms with van der Waals surface area (Å²) >= 11 is 0. The minimum absolute atomic E-state index is 0.133. The molecular formula is C18H20N2O3. The second-order valence-electron chi connectivity index (χ2n) is 7.07. The molecule has 1 saturated heterocycles. The molecule has 0 aromatic heterocycles. The van der Waals surface area contributed by atoms with Crippen LogP contribution in [0.5, 0.6) is 0 Å². The van der Waals surface area contributed by atoms with Gasteiger partial charge in [0.05, 0.1) is 11.8 Å². The fourth-order valence-electron chi connectivity index (χ4n) is 4.69. The number of rotatable bonds is 3.